The number of ether oxygens (including phenoxy) is 1. The number of nitrogens with zero attached hydrogens (tertiary/aromatic N) is 1. The molecule has 2 rings (SSSR count). The van der Waals surface area contributed by atoms with Crippen LogP contribution in [0.3, 0.4) is 0 Å². The third-order valence-corrected chi connectivity index (χ3v) is 3.11. The Balaban J connectivity index is 2.50. The van der Waals surface area contributed by atoms with Gasteiger partial charge in [-0.15, -0.1) is 6.42 Å². The summed E-state index contributed by atoms with van der Waals surface area (Å²) in [5.74, 6) is 1.61. The summed E-state index contributed by atoms with van der Waals surface area (Å²) in [5, 5.41) is 10.1. The van der Waals surface area contributed by atoms with Crippen molar-refractivity contribution in [1.82, 2.24) is 4.57 Å². The van der Waals surface area contributed by atoms with E-state index in [-0.39, 0.29) is 6.54 Å². The molecule has 104 valence electrons. The van der Waals surface area contributed by atoms with Gasteiger partial charge >= 0.3 is 5.97 Å². The van der Waals surface area contributed by atoms with Gasteiger partial charge in [-0.1, -0.05) is 18.1 Å². The lowest BCUT2D eigenvalue weighted by atomic mass is 10.0. The summed E-state index contributed by atoms with van der Waals surface area (Å²) < 4.78 is 7.26. The second-order valence-corrected chi connectivity index (χ2v) is 4.49. The lowest BCUT2D eigenvalue weighted by Gasteiger charge is -2.19. The van der Waals surface area contributed by atoms with Crippen LogP contribution in [0.4, 0.5) is 0 Å². The van der Waals surface area contributed by atoms with Crippen molar-refractivity contribution in [3.05, 3.63) is 30.5 Å². The fourth-order valence-electron chi connectivity index (χ4n) is 2.06. The normalized spacial score (nSPS) is 13.7. The van der Waals surface area contributed by atoms with Crippen LogP contribution < -0.4 is 10.5 Å². The molecule has 0 aliphatic heterocycles. The first-order valence-corrected chi connectivity index (χ1v) is 6.22. The molecule has 0 saturated heterocycles. The summed E-state index contributed by atoms with van der Waals surface area (Å²) in [6.07, 6.45) is 7.00. The molecule has 1 atom stereocenters. The molecule has 1 aromatic carbocycles. The number of hydrogen-bond donors (Lipinski definition) is 2. The Morgan fingerprint density at radius 3 is 2.85 bits per heavy atom. The van der Waals surface area contributed by atoms with Crippen LogP contribution in [0.15, 0.2) is 30.5 Å². The maximum absolute atomic E-state index is 11.2. The Bertz CT molecular complexity index is 684. The van der Waals surface area contributed by atoms with Crippen LogP contribution in [-0.2, 0) is 11.3 Å². The molecule has 2 aromatic rings. The van der Waals surface area contributed by atoms with Gasteiger partial charge in [0.2, 0.25) is 0 Å². The number of carbonyl (C=O) groups is 1. The number of fused-ring (bicyclic) bond motifs is 1. The maximum Gasteiger partial charge on any atom is 0.338 e. The number of hydrogen-bond acceptors (Lipinski definition) is 3. The topological polar surface area (TPSA) is 77.5 Å². The van der Waals surface area contributed by atoms with Gasteiger partial charge in [0.1, 0.15) is 5.75 Å². The lowest BCUT2D eigenvalue weighted by Crippen LogP contribution is -2.50. The summed E-state index contributed by atoms with van der Waals surface area (Å²) in [5.41, 5.74) is 4.84. The zero-order chi connectivity index (χ0) is 14.8. The van der Waals surface area contributed by atoms with E-state index >= 15 is 0 Å². The number of para-hydroxylation sites is 1. The van der Waals surface area contributed by atoms with Crippen LogP contribution in [0.1, 0.15) is 6.92 Å². The summed E-state index contributed by atoms with van der Waals surface area (Å²) in [4.78, 5) is 11.2. The molecule has 20 heavy (non-hydrogen) atoms. The van der Waals surface area contributed by atoms with E-state index in [1.807, 2.05) is 31.2 Å². The lowest BCUT2D eigenvalue weighted by molar-refractivity contribution is -0.141. The van der Waals surface area contributed by atoms with Gasteiger partial charge in [-0.3, -0.25) is 0 Å². The van der Waals surface area contributed by atoms with Gasteiger partial charge in [0.05, 0.1) is 18.7 Å². The van der Waals surface area contributed by atoms with Crippen molar-refractivity contribution in [1.29, 1.82) is 0 Å². The second kappa shape index (κ2) is 5.27. The van der Waals surface area contributed by atoms with Crippen LogP contribution in [0.5, 0.6) is 5.75 Å². The molecule has 5 heteroatoms. The van der Waals surface area contributed by atoms with Crippen LogP contribution in [-0.4, -0.2) is 27.8 Å². The van der Waals surface area contributed by atoms with Gasteiger partial charge in [0.25, 0.3) is 0 Å². The monoisotopic (exact) mass is 272 g/mol. The molecule has 1 unspecified atom stereocenters. The maximum atomic E-state index is 11.2. The van der Waals surface area contributed by atoms with E-state index in [0.29, 0.717) is 12.4 Å². The zero-order valence-corrected chi connectivity index (χ0v) is 11.2. The molecule has 0 spiro atoms. The molecule has 0 amide bonds. The number of aromatic nitrogens is 1. The van der Waals surface area contributed by atoms with Crippen LogP contribution in [0, 0.1) is 12.3 Å². The van der Waals surface area contributed by atoms with E-state index in [1.54, 1.807) is 10.8 Å². The van der Waals surface area contributed by atoms with Crippen molar-refractivity contribution < 1.29 is 14.6 Å². The fourth-order valence-corrected chi connectivity index (χ4v) is 2.06. The molecule has 0 radical (unpaired) electrons. The second-order valence-electron chi connectivity index (χ2n) is 4.49. The van der Waals surface area contributed by atoms with Gasteiger partial charge in [-0.05, 0) is 19.1 Å². The molecular formula is C15H16N2O3. The zero-order valence-electron chi connectivity index (χ0n) is 11.2. The highest BCUT2D eigenvalue weighted by Crippen LogP contribution is 2.28. The van der Waals surface area contributed by atoms with Gasteiger partial charge < -0.3 is 20.1 Å². The highest BCUT2D eigenvalue weighted by Gasteiger charge is 2.32. The number of aliphatic carboxylic acids is 1. The number of terminal acetylenes is 1. The van der Waals surface area contributed by atoms with E-state index in [1.165, 1.54) is 0 Å². The number of rotatable bonds is 5. The Kier molecular flexibility index (Phi) is 3.68. The van der Waals surface area contributed by atoms with Crippen molar-refractivity contribution in [2.45, 2.75) is 19.0 Å². The average molecular weight is 272 g/mol. The molecule has 0 fully saturated rings. The molecule has 1 aromatic heterocycles. The van der Waals surface area contributed by atoms with E-state index < -0.39 is 11.5 Å². The van der Waals surface area contributed by atoms with E-state index in [9.17, 15) is 4.79 Å². The number of benzene rings is 1. The number of carboxylic acids is 1. The number of carboxylic acid groups (broad SMARTS) is 1. The Labute approximate surface area is 116 Å². The Hall–Kier alpha value is -2.45. The summed E-state index contributed by atoms with van der Waals surface area (Å²) in [7, 11) is 0. The van der Waals surface area contributed by atoms with Crippen molar-refractivity contribution in [2.75, 3.05) is 6.61 Å². The van der Waals surface area contributed by atoms with E-state index in [4.69, 9.17) is 22.0 Å². The van der Waals surface area contributed by atoms with Crippen LogP contribution in [0.25, 0.3) is 10.9 Å². The molecule has 1 heterocycles. The first kappa shape index (κ1) is 14.0. The summed E-state index contributed by atoms with van der Waals surface area (Å²) in [6.45, 7) is 2.39. The van der Waals surface area contributed by atoms with Crippen molar-refractivity contribution in [3.63, 3.8) is 0 Å². The molecular weight excluding hydrogens is 256 g/mol. The van der Waals surface area contributed by atoms with Crippen molar-refractivity contribution >= 4 is 16.9 Å². The number of nitrogens with two attached hydrogens (primary N) is 1. The van der Waals surface area contributed by atoms with Gasteiger partial charge in [0, 0.05) is 11.6 Å². The van der Waals surface area contributed by atoms with Gasteiger partial charge in [0.15, 0.2) is 5.54 Å². The molecule has 5 nitrogen and oxygen atoms in total. The molecule has 3 N–H and O–H groups in total. The highest BCUT2D eigenvalue weighted by atomic mass is 16.5. The summed E-state index contributed by atoms with van der Waals surface area (Å²) in [6, 6.07) is 7.54. The van der Waals surface area contributed by atoms with Crippen molar-refractivity contribution in [2.24, 2.45) is 5.73 Å². The third kappa shape index (κ3) is 2.33. The smallest absolute Gasteiger partial charge is 0.338 e. The van der Waals surface area contributed by atoms with Crippen molar-refractivity contribution in [3.8, 4) is 18.1 Å². The van der Waals surface area contributed by atoms with E-state index in [2.05, 4.69) is 5.92 Å². The minimum atomic E-state index is -1.74. The predicted molar refractivity (Wildman–Crippen MR) is 76.5 cm³/mol. The fraction of sp³-hybridized carbons (Fsp3) is 0.267. The molecule has 0 bridgehead atoms. The molecule has 0 aliphatic carbocycles. The average Bonchev–Trinajstić information content (AvgIpc) is 2.77. The van der Waals surface area contributed by atoms with Crippen LogP contribution >= 0.6 is 0 Å². The minimum Gasteiger partial charge on any atom is -0.492 e. The Morgan fingerprint density at radius 1 is 1.55 bits per heavy atom. The standard InChI is InChI=1S/C15H16N2O3/c1-3-15(16,14(18)19)10-17-9-13(20-4-2)11-7-5-6-8-12(11)17/h1,5-9H,4,10,16H2,2H3,(H,18,19). The highest BCUT2D eigenvalue weighted by molar-refractivity contribution is 5.88. The van der Waals surface area contributed by atoms with Gasteiger partial charge in [-0.25, -0.2) is 4.79 Å². The SMILES string of the molecule is C#CC(N)(Cn1cc(OCC)c2ccccc21)C(=O)O. The third-order valence-electron chi connectivity index (χ3n) is 3.11. The van der Waals surface area contributed by atoms with E-state index in [0.717, 1.165) is 10.9 Å². The Morgan fingerprint density at radius 2 is 2.25 bits per heavy atom. The molecule has 0 aliphatic rings. The predicted octanol–water partition coefficient (Wildman–Crippen LogP) is 1.46. The first-order valence-electron chi connectivity index (χ1n) is 6.22. The van der Waals surface area contributed by atoms with Crippen LogP contribution in [0.2, 0.25) is 0 Å². The molecule has 0 saturated carbocycles. The first-order chi connectivity index (χ1) is 9.51. The summed E-state index contributed by atoms with van der Waals surface area (Å²) >= 11 is 0. The minimum absolute atomic E-state index is 0.0214. The largest absolute Gasteiger partial charge is 0.492 e. The quantitative estimate of drug-likeness (QED) is 0.808. The van der Waals surface area contributed by atoms with Gasteiger partial charge in [-0.2, -0.15) is 0 Å².